The standard InChI is InChI=1S/C12H11BrClNO3/c13-7-1-4-10(14)9(5-7)12(18)15(6-11(16)17)8-2-3-8/h1,4-5,8H,2-3,6H2,(H,16,17). The number of carboxylic acid groups (broad SMARTS) is 1. The molecule has 0 aromatic heterocycles. The molecule has 0 unspecified atom stereocenters. The van der Waals surface area contributed by atoms with Crippen LogP contribution >= 0.6 is 27.5 Å². The number of rotatable bonds is 4. The van der Waals surface area contributed by atoms with Crippen LogP contribution in [0.4, 0.5) is 0 Å². The largest absolute Gasteiger partial charge is 0.480 e. The molecule has 0 aliphatic heterocycles. The summed E-state index contributed by atoms with van der Waals surface area (Å²) in [6.45, 7) is -0.285. The second kappa shape index (κ2) is 5.28. The molecule has 1 aromatic rings. The Hall–Kier alpha value is -1.07. The van der Waals surface area contributed by atoms with Gasteiger partial charge < -0.3 is 10.0 Å². The predicted octanol–water partition coefficient (Wildman–Crippen LogP) is 2.79. The van der Waals surface area contributed by atoms with Crippen LogP contribution in [0, 0.1) is 0 Å². The Balaban J connectivity index is 2.27. The van der Waals surface area contributed by atoms with Gasteiger partial charge in [-0.1, -0.05) is 27.5 Å². The number of benzene rings is 1. The molecule has 96 valence electrons. The fourth-order valence-corrected chi connectivity index (χ4v) is 2.27. The van der Waals surface area contributed by atoms with Gasteiger partial charge in [-0.25, -0.2) is 0 Å². The van der Waals surface area contributed by atoms with Gasteiger partial charge in [0.2, 0.25) is 0 Å². The zero-order valence-electron chi connectivity index (χ0n) is 9.40. The molecule has 18 heavy (non-hydrogen) atoms. The minimum absolute atomic E-state index is 0.0312. The quantitative estimate of drug-likeness (QED) is 0.922. The average molecular weight is 333 g/mol. The molecule has 0 spiro atoms. The van der Waals surface area contributed by atoms with E-state index in [1.54, 1.807) is 18.2 Å². The minimum atomic E-state index is -1.01. The Bertz CT molecular complexity index is 502. The van der Waals surface area contributed by atoms with E-state index in [0.29, 0.717) is 10.6 Å². The maximum Gasteiger partial charge on any atom is 0.323 e. The smallest absolute Gasteiger partial charge is 0.323 e. The van der Waals surface area contributed by atoms with E-state index in [1.807, 2.05) is 0 Å². The van der Waals surface area contributed by atoms with Crippen molar-refractivity contribution < 1.29 is 14.7 Å². The van der Waals surface area contributed by atoms with Gasteiger partial charge in [-0.2, -0.15) is 0 Å². The van der Waals surface area contributed by atoms with E-state index in [2.05, 4.69) is 15.9 Å². The van der Waals surface area contributed by atoms with Crippen LogP contribution in [0.25, 0.3) is 0 Å². The molecule has 2 rings (SSSR count). The van der Waals surface area contributed by atoms with E-state index in [0.717, 1.165) is 17.3 Å². The zero-order valence-corrected chi connectivity index (χ0v) is 11.7. The molecule has 0 saturated heterocycles. The second-order valence-corrected chi connectivity index (χ2v) is 5.51. The summed E-state index contributed by atoms with van der Waals surface area (Å²) in [5.74, 6) is -1.34. The summed E-state index contributed by atoms with van der Waals surface area (Å²) in [5.41, 5.74) is 0.333. The lowest BCUT2D eigenvalue weighted by Crippen LogP contribution is -2.37. The Labute approximate surface area is 118 Å². The van der Waals surface area contributed by atoms with Crippen molar-refractivity contribution in [1.82, 2.24) is 4.90 Å². The molecule has 1 fully saturated rings. The number of carbonyl (C=O) groups is 2. The summed E-state index contributed by atoms with van der Waals surface area (Å²) in [5, 5.41) is 9.18. The third-order valence-corrected chi connectivity index (χ3v) is 3.54. The lowest BCUT2D eigenvalue weighted by molar-refractivity contribution is -0.137. The average Bonchev–Trinajstić information content (AvgIpc) is 3.12. The maximum atomic E-state index is 12.3. The molecule has 6 heteroatoms. The van der Waals surface area contributed by atoms with Gasteiger partial charge in [-0.05, 0) is 31.0 Å². The number of hydrogen-bond acceptors (Lipinski definition) is 2. The minimum Gasteiger partial charge on any atom is -0.480 e. The number of aliphatic carboxylic acids is 1. The SMILES string of the molecule is O=C(O)CN(C(=O)c1cc(Br)ccc1Cl)C1CC1. The Morgan fingerprint density at radius 3 is 2.67 bits per heavy atom. The van der Waals surface area contributed by atoms with Crippen LogP contribution in [-0.2, 0) is 4.79 Å². The van der Waals surface area contributed by atoms with Crippen molar-refractivity contribution in [2.45, 2.75) is 18.9 Å². The highest BCUT2D eigenvalue weighted by Crippen LogP contribution is 2.30. The molecule has 1 saturated carbocycles. The first kappa shape index (κ1) is 13.4. The van der Waals surface area contributed by atoms with Gasteiger partial charge in [0.15, 0.2) is 0 Å². The topological polar surface area (TPSA) is 57.6 Å². The van der Waals surface area contributed by atoms with Crippen LogP contribution < -0.4 is 0 Å². The first-order chi connectivity index (χ1) is 8.49. The van der Waals surface area contributed by atoms with E-state index in [4.69, 9.17) is 16.7 Å². The number of carboxylic acids is 1. The van der Waals surface area contributed by atoms with Crippen LogP contribution in [0.15, 0.2) is 22.7 Å². The lowest BCUT2D eigenvalue weighted by Gasteiger charge is -2.20. The first-order valence-corrected chi connectivity index (χ1v) is 6.64. The third-order valence-electron chi connectivity index (χ3n) is 2.71. The third kappa shape index (κ3) is 3.03. The molecule has 0 atom stereocenters. The molecule has 1 aromatic carbocycles. The molecule has 1 aliphatic rings. The number of hydrogen-bond donors (Lipinski definition) is 1. The van der Waals surface area contributed by atoms with E-state index in [1.165, 1.54) is 4.90 Å². The van der Waals surface area contributed by atoms with Crippen LogP contribution in [0.5, 0.6) is 0 Å². The van der Waals surface area contributed by atoms with Crippen molar-refractivity contribution in [2.24, 2.45) is 0 Å². The number of nitrogens with zero attached hydrogens (tertiary/aromatic N) is 1. The summed E-state index contributed by atoms with van der Waals surface area (Å²) < 4.78 is 0.737. The number of amides is 1. The molecular weight excluding hydrogens is 321 g/mol. The van der Waals surface area contributed by atoms with Gasteiger partial charge in [0.25, 0.3) is 5.91 Å². The van der Waals surface area contributed by atoms with Gasteiger partial charge in [-0.15, -0.1) is 0 Å². The van der Waals surface area contributed by atoms with Gasteiger partial charge >= 0.3 is 5.97 Å². The Morgan fingerprint density at radius 1 is 1.44 bits per heavy atom. The molecule has 4 nitrogen and oxygen atoms in total. The summed E-state index contributed by atoms with van der Waals surface area (Å²) in [6.07, 6.45) is 1.70. The van der Waals surface area contributed by atoms with Crippen molar-refractivity contribution in [1.29, 1.82) is 0 Å². The van der Waals surface area contributed by atoms with Gasteiger partial charge in [0.05, 0.1) is 10.6 Å². The zero-order chi connectivity index (χ0) is 13.3. The van der Waals surface area contributed by atoms with E-state index in [9.17, 15) is 9.59 Å². The molecule has 1 aliphatic carbocycles. The molecule has 1 N–H and O–H groups in total. The van der Waals surface area contributed by atoms with Crippen LogP contribution in [0.1, 0.15) is 23.2 Å². The van der Waals surface area contributed by atoms with Gasteiger partial charge in [-0.3, -0.25) is 9.59 Å². The van der Waals surface area contributed by atoms with Crippen LogP contribution in [0.3, 0.4) is 0 Å². The summed E-state index contributed by atoms with van der Waals surface area (Å²) in [4.78, 5) is 24.5. The fraction of sp³-hybridized carbons (Fsp3) is 0.333. The van der Waals surface area contributed by atoms with Crippen molar-refractivity contribution in [3.63, 3.8) is 0 Å². The highest BCUT2D eigenvalue weighted by atomic mass is 79.9. The summed E-state index contributed by atoms with van der Waals surface area (Å²) in [7, 11) is 0. The van der Waals surface area contributed by atoms with Crippen molar-refractivity contribution >= 4 is 39.4 Å². The monoisotopic (exact) mass is 331 g/mol. The van der Waals surface area contributed by atoms with Crippen molar-refractivity contribution in [3.05, 3.63) is 33.3 Å². The fourth-order valence-electron chi connectivity index (χ4n) is 1.71. The number of carbonyl (C=O) groups excluding carboxylic acids is 1. The summed E-state index contributed by atoms with van der Waals surface area (Å²) >= 11 is 9.25. The molecule has 0 heterocycles. The van der Waals surface area contributed by atoms with E-state index < -0.39 is 5.97 Å². The normalized spacial score (nSPS) is 14.3. The van der Waals surface area contributed by atoms with Crippen LogP contribution in [-0.4, -0.2) is 34.5 Å². The highest BCUT2D eigenvalue weighted by molar-refractivity contribution is 9.10. The Kier molecular flexibility index (Phi) is 3.92. The van der Waals surface area contributed by atoms with E-state index in [-0.39, 0.29) is 18.5 Å². The predicted molar refractivity (Wildman–Crippen MR) is 70.8 cm³/mol. The van der Waals surface area contributed by atoms with E-state index >= 15 is 0 Å². The van der Waals surface area contributed by atoms with Crippen molar-refractivity contribution in [3.8, 4) is 0 Å². The highest BCUT2D eigenvalue weighted by Gasteiger charge is 2.35. The van der Waals surface area contributed by atoms with Gasteiger partial charge in [0, 0.05) is 10.5 Å². The number of halogens is 2. The molecular formula is C12H11BrClNO3. The van der Waals surface area contributed by atoms with Crippen molar-refractivity contribution in [2.75, 3.05) is 6.54 Å². The molecule has 1 amide bonds. The first-order valence-electron chi connectivity index (χ1n) is 5.47. The maximum absolute atomic E-state index is 12.3. The Morgan fingerprint density at radius 2 is 2.11 bits per heavy atom. The van der Waals surface area contributed by atoms with Gasteiger partial charge in [0.1, 0.15) is 6.54 Å². The molecule has 0 radical (unpaired) electrons. The summed E-state index contributed by atoms with van der Waals surface area (Å²) in [6, 6.07) is 4.99. The second-order valence-electron chi connectivity index (χ2n) is 4.18. The lowest BCUT2D eigenvalue weighted by atomic mass is 10.2. The molecule has 0 bridgehead atoms. The van der Waals surface area contributed by atoms with Crippen LogP contribution in [0.2, 0.25) is 5.02 Å².